The van der Waals surface area contributed by atoms with Gasteiger partial charge in [-0.05, 0) is 50.7 Å². The summed E-state index contributed by atoms with van der Waals surface area (Å²) in [7, 11) is 0. The summed E-state index contributed by atoms with van der Waals surface area (Å²) in [4.78, 5) is 29.5. The average Bonchev–Trinajstić information content (AvgIpc) is 3.45. The zero-order valence-corrected chi connectivity index (χ0v) is 19.9. The third-order valence-corrected chi connectivity index (χ3v) is 7.40. The zero-order valence-electron chi connectivity index (χ0n) is 19.1. The molecule has 2 aliphatic rings. The Labute approximate surface area is 207 Å². The number of halogens is 3. The Morgan fingerprint density at radius 2 is 1.92 bits per heavy atom. The molecule has 2 amide bonds. The summed E-state index contributed by atoms with van der Waals surface area (Å²) in [6, 6.07) is 2.79. The molecule has 192 valence electrons. The molecule has 0 unspecified atom stereocenters. The maximum atomic E-state index is 12.9. The average molecular weight is 524 g/mol. The molecule has 0 saturated heterocycles. The molecule has 13 heteroatoms. The van der Waals surface area contributed by atoms with Crippen molar-refractivity contribution in [2.75, 3.05) is 6.61 Å². The predicted molar refractivity (Wildman–Crippen MR) is 123 cm³/mol. The molecule has 0 atom stereocenters. The standard InChI is InChI=1S/C23H24F3N5O4S/c24-23(25,26)11-34-15-7-8-17-16(9-28-31(17)10-15)20(33)29-13-3-5-14(6-4-13)35-21-18(19(27)32)36-22(30-21)12-1-2-12/h7-10,12-14H,1-6,11H2,(H2,27,32)(H,29,33)/t13-,14-. The molecule has 5 rings (SSSR count). The van der Waals surface area contributed by atoms with E-state index in [4.69, 9.17) is 15.2 Å². The number of ether oxygens (including phenoxy) is 2. The minimum absolute atomic E-state index is 0.00272. The summed E-state index contributed by atoms with van der Waals surface area (Å²) in [5.41, 5.74) is 6.27. The van der Waals surface area contributed by atoms with Crippen molar-refractivity contribution < 1.29 is 32.2 Å². The molecule has 2 saturated carbocycles. The van der Waals surface area contributed by atoms with Gasteiger partial charge in [-0.3, -0.25) is 9.59 Å². The predicted octanol–water partition coefficient (Wildman–Crippen LogP) is 3.83. The number of pyridine rings is 1. The largest absolute Gasteiger partial charge is 0.483 e. The summed E-state index contributed by atoms with van der Waals surface area (Å²) in [6.45, 7) is -1.41. The molecule has 0 aromatic carbocycles. The van der Waals surface area contributed by atoms with E-state index in [1.54, 1.807) is 0 Å². The summed E-state index contributed by atoms with van der Waals surface area (Å²) < 4.78 is 49.2. The number of rotatable bonds is 8. The molecule has 0 bridgehead atoms. The Morgan fingerprint density at radius 3 is 2.58 bits per heavy atom. The van der Waals surface area contributed by atoms with Gasteiger partial charge < -0.3 is 20.5 Å². The minimum Gasteiger partial charge on any atom is -0.483 e. The molecule has 9 nitrogen and oxygen atoms in total. The van der Waals surface area contributed by atoms with Crippen LogP contribution in [0.3, 0.4) is 0 Å². The Balaban J connectivity index is 1.16. The molecular formula is C23H24F3N5O4S. The van der Waals surface area contributed by atoms with E-state index in [2.05, 4.69) is 15.4 Å². The second-order valence-corrected chi connectivity index (χ2v) is 10.1. The summed E-state index contributed by atoms with van der Waals surface area (Å²) in [5.74, 6) is -0.148. The van der Waals surface area contributed by atoms with Crippen LogP contribution in [0.15, 0.2) is 24.5 Å². The van der Waals surface area contributed by atoms with Crippen molar-refractivity contribution in [2.24, 2.45) is 5.73 Å². The van der Waals surface area contributed by atoms with Crippen LogP contribution in [0, 0.1) is 0 Å². The van der Waals surface area contributed by atoms with E-state index in [0.29, 0.717) is 53.4 Å². The zero-order chi connectivity index (χ0) is 25.4. The van der Waals surface area contributed by atoms with Gasteiger partial charge in [-0.1, -0.05) is 0 Å². The monoisotopic (exact) mass is 523 g/mol. The Kier molecular flexibility index (Phi) is 6.49. The molecule has 3 N–H and O–H groups in total. The summed E-state index contributed by atoms with van der Waals surface area (Å²) in [5, 5.41) is 7.96. The van der Waals surface area contributed by atoms with E-state index in [1.807, 2.05) is 0 Å². The highest BCUT2D eigenvalue weighted by molar-refractivity contribution is 7.14. The van der Waals surface area contributed by atoms with Crippen molar-refractivity contribution >= 4 is 28.7 Å². The van der Waals surface area contributed by atoms with E-state index in [1.165, 1.54) is 40.4 Å². The number of hydrogen-bond donors (Lipinski definition) is 2. The molecule has 0 aliphatic heterocycles. The molecular weight excluding hydrogens is 499 g/mol. The fraction of sp³-hybridized carbons (Fsp3) is 0.478. The SMILES string of the molecule is NC(=O)c1sc(C2CC2)nc1O[C@H]1CC[C@H](NC(=O)c2cnn3cc(OCC(F)(F)F)ccc23)CC1. The van der Waals surface area contributed by atoms with Crippen LogP contribution in [0.1, 0.15) is 69.5 Å². The van der Waals surface area contributed by atoms with Crippen LogP contribution in [0.25, 0.3) is 5.52 Å². The van der Waals surface area contributed by atoms with Crippen LogP contribution < -0.4 is 20.5 Å². The molecule has 0 radical (unpaired) electrons. The number of carbonyl (C=O) groups is 2. The normalized spacial score (nSPS) is 20.3. The van der Waals surface area contributed by atoms with Crippen molar-refractivity contribution in [3.63, 3.8) is 0 Å². The number of carbonyl (C=O) groups excluding carboxylic acids is 2. The van der Waals surface area contributed by atoms with Crippen molar-refractivity contribution in [1.29, 1.82) is 0 Å². The number of aromatic nitrogens is 3. The van der Waals surface area contributed by atoms with Gasteiger partial charge >= 0.3 is 6.18 Å². The highest BCUT2D eigenvalue weighted by atomic mass is 32.1. The number of hydrogen-bond acceptors (Lipinski definition) is 7. The Hall–Kier alpha value is -3.35. The van der Waals surface area contributed by atoms with E-state index in [-0.39, 0.29) is 23.8 Å². The van der Waals surface area contributed by atoms with Crippen LogP contribution in [0.2, 0.25) is 0 Å². The van der Waals surface area contributed by atoms with Crippen molar-refractivity contribution in [1.82, 2.24) is 19.9 Å². The first-order chi connectivity index (χ1) is 17.2. The lowest BCUT2D eigenvalue weighted by Crippen LogP contribution is -2.39. The fourth-order valence-electron chi connectivity index (χ4n) is 4.20. The molecule has 3 heterocycles. The van der Waals surface area contributed by atoms with E-state index in [9.17, 15) is 22.8 Å². The number of alkyl halides is 3. The van der Waals surface area contributed by atoms with Crippen molar-refractivity contribution in [3.05, 3.63) is 40.0 Å². The van der Waals surface area contributed by atoms with Gasteiger partial charge in [-0.25, -0.2) is 9.50 Å². The van der Waals surface area contributed by atoms with Crippen LogP contribution in [0.5, 0.6) is 11.6 Å². The number of nitrogens with one attached hydrogen (secondary N) is 1. The van der Waals surface area contributed by atoms with Gasteiger partial charge in [0.1, 0.15) is 16.9 Å². The third-order valence-electron chi connectivity index (χ3n) is 6.19. The topological polar surface area (TPSA) is 121 Å². The highest BCUT2D eigenvalue weighted by Crippen LogP contribution is 2.44. The highest BCUT2D eigenvalue weighted by Gasteiger charge is 2.32. The number of amides is 2. The van der Waals surface area contributed by atoms with Crippen LogP contribution >= 0.6 is 11.3 Å². The van der Waals surface area contributed by atoms with Gasteiger partial charge in [0, 0.05) is 12.0 Å². The first-order valence-electron chi connectivity index (χ1n) is 11.6. The van der Waals surface area contributed by atoms with Gasteiger partial charge in [0.2, 0.25) is 5.88 Å². The fourth-order valence-corrected chi connectivity index (χ4v) is 5.22. The molecule has 3 aromatic rings. The molecule has 0 spiro atoms. The summed E-state index contributed by atoms with van der Waals surface area (Å²) in [6.07, 6.45) is 2.93. The molecule has 36 heavy (non-hydrogen) atoms. The minimum atomic E-state index is -4.45. The van der Waals surface area contributed by atoms with Crippen LogP contribution in [-0.2, 0) is 0 Å². The molecule has 3 aromatic heterocycles. The lowest BCUT2D eigenvalue weighted by Gasteiger charge is -2.29. The summed E-state index contributed by atoms with van der Waals surface area (Å²) >= 11 is 1.31. The van der Waals surface area contributed by atoms with Crippen molar-refractivity contribution in [3.8, 4) is 11.6 Å². The number of nitrogens with two attached hydrogens (primary N) is 1. The molecule has 2 fully saturated rings. The van der Waals surface area contributed by atoms with Crippen molar-refractivity contribution in [2.45, 2.75) is 62.8 Å². The van der Waals surface area contributed by atoms with Gasteiger partial charge in [0.05, 0.1) is 23.5 Å². The number of fused-ring (bicyclic) bond motifs is 1. The lowest BCUT2D eigenvalue weighted by molar-refractivity contribution is -0.153. The third kappa shape index (κ3) is 5.55. The molecule has 2 aliphatic carbocycles. The number of primary amides is 1. The number of nitrogens with zero attached hydrogens (tertiary/aromatic N) is 3. The smallest absolute Gasteiger partial charge is 0.422 e. The van der Waals surface area contributed by atoms with Crippen LogP contribution in [-0.4, -0.2) is 51.3 Å². The van der Waals surface area contributed by atoms with E-state index < -0.39 is 18.7 Å². The maximum absolute atomic E-state index is 12.9. The van der Waals surface area contributed by atoms with E-state index in [0.717, 1.165) is 17.8 Å². The maximum Gasteiger partial charge on any atom is 0.422 e. The number of thiazole rings is 1. The first kappa shape index (κ1) is 24.3. The first-order valence-corrected chi connectivity index (χ1v) is 12.4. The van der Waals surface area contributed by atoms with Gasteiger partial charge in [-0.2, -0.15) is 18.3 Å². The lowest BCUT2D eigenvalue weighted by atomic mass is 9.92. The van der Waals surface area contributed by atoms with E-state index >= 15 is 0 Å². The van der Waals surface area contributed by atoms with Crippen LogP contribution in [0.4, 0.5) is 13.2 Å². The van der Waals surface area contributed by atoms with Gasteiger partial charge in [-0.15, -0.1) is 11.3 Å². The Bertz CT molecular complexity index is 1280. The second-order valence-electron chi connectivity index (χ2n) is 9.05. The Morgan fingerprint density at radius 1 is 1.17 bits per heavy atom. The second kappa shape index (κ2) is 9.60. The quantitative estimate of drug-likeness (QED) is 0.463. The van der Waals surface area contributed by atoms with Gasteiger partial charge in [0.15, 0.2) is 11.5 Å². The van der Waals surface area contributed by atoms with Gasteiger partial charge in [0.25, 0.3) is 11.8 Å².